The quantitative estimate of drug-likeness (QED) is 0.620. The molecule has 1 aliphatic rings. The zero-order chi connectivity index (χ0) is 20.8. The number of hydrogen-bond donors (Lipinski definition) is 1. The topological polar surface area (TPSA) is 43.8 Å². The van der Waals surface area contributed by atoms with Gasteiger partial charge in [-0.25, -0.2) is 0 Å². The molecule has 0 aliphatic carbocycles. The molecule has 1 amide bonds. The first-order chi connectivity index (χ1) is 14.8. The fraction of sp³-hybridized carbons (Fsp3) is 0.269. The number of carbonyl (C=O) groups excluding carboxylic acids is 1. The van der Waals surface area contributed by atoms with Crippen LogP contribution in [-0.4, -0.2) is 42.2 Å². The summed E-state index contributed by atoms with van der Waals surface area (Å²) in [6, 6.07) is 28.7. The van der Waals surface area contributed by atoms with Crippen LogP contribution in [0.25, 0.3) is 0 Å². The van der Waals surface area contributed by atoms with Gasteiger partial charge in [0.15, 0.2) is 0 Å². The van der Waals surface area contributed by atoms with Crippen molar-refractivity contribution >= 4 is 11.6 Å². The van der Waals surface area contributed by atoms with Gasteiger partial charge in [-0.05, 0) is 35.6 Å². The Bertz CT molecular complexity index is 920. The standard InChI is InChI=1S/C26H28N2O2/c29-19-9-17-27(20-25(30)28-18-16-21-10-7-8-15-24(21)28)26(22-11-3-1-4-12-22)23-13-5-2-6-14-23/h1-8,10-15,26,29H,9,16-20H2. The largest absolute Gasteiger partial charge is 0.396 e. The number of aliphatic hydroxyl groups is 1. The highest BCUT2D eigenvalue weighted by Crippen LogP contribution is 2.31. The highest BCUT2D eigenvalue weighted by molar-refractivity contribution is 5.96. The number of para-hydroxylation sites is 1. The molecule has 0 saturated carbocycles. The van der Waals surface area contributed by atoms with Crippen molar-refractivity contribution < 1.29 is 9.90 Å². The minimum absolute atomic E-state index is 0.0410. The van der Waals surface area contributed by atoms with Crippen molar-refractivity contribution in [2.75, 3.05) is 31.1 Å². The van der Waals surface area contributed by atoms with Gasteiger partial charge in [0.25, 0.3) is 0 Å². The number of benzene rings is 3. The van der Waals surface area contributed by atoms with Crippen molar-refractivity contribution in [3.05, 3.63) is 102 Å². The predicted molar refractivity (Wildman–Crippen MR) is 121 cm³/mol. The summed E-state index contributed by atoms with van der Waals surface area (Å²) in [6.45, 7) is 1.79. The second-order valence-corrected chi connectivity index (χ2v) is 7.70. The van der Waals surface area contributed by atoms with Gasteiger partial charge in [-0.3, -0.25) is 9.69 Å². The van der Waals surface area contributed by atoms with E-state index in [-0.39, 0.29) is 18.6 Å². The molecular weight excluding hydrogens is 372 g/mol. The molecule has 0 spiro atoms. The minimum atomic E-state index is -0.0410. The van der Waals surface area contributed by atoms with Gasteiger partial charge >= 0.3 is 0 Å². The lowest BCUT2D eigenvalue weighted by Crippen LogP contribution is -2.42. The molecule has 154 valence electrons. The third-order valence-corrected chi connectivity index (χ3v) is 5.73. The molecule has 30 heavy (non-hydrogen) atoms. The maximum absolute atomic E-state index is 13.4. The molecule has 1 heterocycles. The molecule has 0 unspecified atom stereocenters. The minimum Gasteiger partial charge on any atom is -0.396 e. The van der Waals surface area contributed by atoms with Crippen LogP contribution >= 0.6 is 0 Å². The van der Waals surface area contributed by atoms with Gasteiger partial charge in [-0.15, -0.1) is 0 Å². The van der Waals surface area contributed by atoms with Crippen molar-refractivity contribution in [3.63, 3.8) is 0 Å². The third-order valence-electron chi connectivity index (χ3n) is 5.73. The zero-order valence-corrected chi connectivity index (χ0v) is 17.2. The maximum Gasteiger partial charge on any atom is 0.241 e. The molecule has 4 rings (SSSR count). The average Bonchev–Trinajstić information content (AvgIpc) is 3.23. The average molecular weight is 401 g/mol. The summed E-state index contributed by atoms with van der Waals surface area (Å²) in [5.41, 5.74) is 4.56. The first kappa shape index (κ1) is 20.3. The van der Waals surface area contributed by atoms with Crippen molar-refractivity contribution in [2.24, 2.45) is 0 Å². The summed E-state index contributed by atoms with van der Waals surface area (Å²) in [7, 11) is 0. The molecule has 0 aromatic heterocycles. The lowest BCUT2D eigenvalue weighted by molar-refractivity contribution is -0.120. The number of anilines is 1. The summed E-state index contributed by atoms with van der Waals surface area (Å²) >= 11 is 0. The lowest BCUT2D eigenvalue weighted by Gasteiger charge is -2.33. The first-order valence-corrected chi connectivity index (χ1v) is 10.6. The van der Waals surface area contributed by atoms with Crippen LogP contribution in [-0.2, 0) is 11.2 Å². The number of rotatable bonds is 8. The number of amides is 1. The zero-order valence-electron chi connectivity index (χ0n) is 17.2. The van der Waals surface area contributed by atoms with Crippen LogP contribution in [0.3, 0.4) is 0 Å². The smallest absolute Gasteiger partial charge is 0.241 e. The van der Waals surface area contributed by atoms with E-state index in [1.807, 2.05) is 59.5 Å². The molecular formula is C26H28N2O2. The van der Waals surface area contributed by atoms with Crippen molar-refractivity contribution in [3.8, 4) is 0 Å². The molecule has 0 bridgehead atoms. The maximum atomic E-state index is 13.4. The van der Waals surface area contributed by atoms with Crippen molar-refractivity contribution in [1.29, 1.82) is 0 Å². The lowest BCUT2D eigenvalue weighted by atomic mass is 9.96. The third kappa shape index (κ3) is 4.45. The van der Waals surface area contributed by atoms with Gasteiger partial charge in [0.1, 0.15) is 0 Å². The van der Waals surface area contributed by atoms with E-state index in [0.717, 1.165) is 29.8 Å². The van der Waals surface area contributed by atoms with Crippen LogP contribution in [0, 0.1) is 0 Å². The van der Waals surface area contributed by atoms with Gasteiger partial charge in [0, 0.05) is 25.4 Å². The van der Waals surface area contributed by atoms with E-state index >= 15 is 0 Å². The predicted octanol–water partition coefficient (Wildman–Crippen LogP) is 4.05. The second kappa shape index (κ2) is 9.70. The summed E-state index contributed by atoms with van der Waals surface area (Å²) in [5.74, 6) is 0.106. The summed E-state index contributed by atoms with van der Waals surface area (Å²) in [5, 5.41) is 9.49. The molecule has 0 radical (unpaired) electrons. The number of nitrogens with zero attached hydrogens (tertiary/aromatic N) is 2. The number of hydrogen-bond acceptors (Lipinski definition) is 3. The molecule has 1 N–H and O–H groups in total. The van der Waals surface area contributed by atoms with E-state index < -0.39 is 0 Å². The van der Waals surface area contributed by atoms with E-state index in [4.69, 9.17) is 0 Å². The van der Waals surface area contributed by atoms with E-state index in [1.54, 1.807) is 0 Å². The molecule has 1 aliphatic heterocycles. The highest BCUT2D eigenvalue weighted by Gasteiger charge is 2.29. The summed E-state index contributed by atoms with van der Waals surface area (Å²) in [6.07, 6.45) is 1.53. The van der Waals surface area contributed by atoms with Gasteiger partial charge < -0.3 is 10.0 Å². The van der Waals surface area contributed by atoms with Crippen LogP contribution in [0.15, 0.2) is 84.9 Å². The summed E-state index contributed by atoms with van der Waals surface area (Å²) < 4.78 is 0. The molecule has 0 saturated heterocycles. The summed E-state index contributed by atoms with van der Waals surface area (Å²) in [4.78, 5) is 17.5. The van der Waals surface area contributed by atoms with Crippen LogP contribution < -0.4 is 4.90 Å². The highest BCUT2D eigenvalue weighted by atomic mass is 16.3. The Labute approximate surface area is 178 Å². The molecule has 4 heteroatoms. The number of carbonyl (C=O) groups is 1. The Morgan fingerprint density at radius 3 is 2.13 bits per heavy atom. The van der Waals surface area contributed by atoms with Gasteiger partial charge in [0.2, 0.25) is 5.91 Å². The second-order valence-electron chi connectivity index (χ2n) is 7.70. The van der Waals surface area contributed by atoms with E-state index in [1.165, 1.54) is 5.56 Å². The van der Waals surface area contributed by atoms with Crippen LogP contribution in [0.4, 0.5) is 5.69 Å². The van der Waals surface area contributed by atoms with Gasteiger partial charge in [-0.1, -0.05) is 78.9 Å². The Hall–Kier alpha value is -2.95. The molecule has 0 fully saturated rings. The Kier molecular flexibility index (Phi) is 6.57. The fourth-order valence-corrected chi connectivity index (χ4v) is 4.31. The Morgan fingerprint density at radius 2 is 1.50 bits per heavy atom. The fourth-order valence-electron chi connectivity index (χ4n) is 4.31. The molecule has 0 atom stereocenters. The normalized spacial score (nSPS) is 13.1. The van der Waals surface area contributed by atoms with Crippen LogP contribution in [0.5, 0.6) is 0 Å². The van der Waals surface area contributed by atoms with Gasteiger partial charge in [0.05, 0.1) is 12.6 Å². The Morgan fingerprint density at radius 1 is 0.900 bits per heavy atom. The monoisotopic (exact) mass is 400 g/mol. The van der Waals surface area contributed by atoms with Gasteiger partial charge in [-0.2, -0.15) is 0 Å². The SMILES string of the molecule is O=C(CN(CCCO)C(c1ccccc1)c1ccccc1)N1CCc2ccccc21. The Balaban J connectivity index is 1.64. The molecule has 3 aromatic rings. The van der Waals surface area contributed by atoms with Crippen LogP contribution in [0.2, 0.25) is 0 Å². The van der Waals surface area contributed by atoms with Crippen molar-refractivity contribution in [1.82, 2.24) is 4.90 Å². The van der Waals surface area contributed by atoms with Crippen LogP contribution in [0.1, 0.15) is 29.2 Å². The first-order valence-electron chi connectivity index (χ1n) is 10.6. The molecule has 3 aromatic carbocycles. The van der Waals surface area contributed by atoms with Crippen molar-refractivity contribution in [2.45, 2.75) is 18.9 Å². The molecule has 4 nitrogen and oxygen atoms in total. The van der Waals surface area contributed by atoms with E-state index in [9.17, 15) is 9.90 Å². The number of aliphatic hydroxyl groups excluding tert-OH is 1. The number of fused-ring (bicyclic) bond motifs is 1. The van der Waals surface area contributed by atoms with E-state index in [0.29, 0.717) is 19.5 Å². The van der Waals surface area contributed by atoms with E-state index in [2.05, 4.69) is 35.2 Å².